The highest BCUT2D eigenvalue weighted by atomic mass is 19.4. The first-order chi connectivity index (χ1) is 13.6. The van der Waals surface area contributed by atoms with Crippen LogP contribution in [0.3, 0.4) is 0 Å². The van der Waals surface area contributed by atoms with Crippen LogP contribution in [0.5, 0.6) is 0 Å². The number of carbonyl (C=O) groups excluding carboxylic acids is 2. The molecule has 2 aromatic rings. The Hall–Kier alpha value is -3.17. The van der Waals surface area contributed by atoms with E-state index < -0.39 is 40.8 Å². The molecule has 1 aliphatic rings. The average Bonchev–Trinajstić information content (AvgIpc) is 3.45. The molecule has 0 radical (unpaired) electrons. The summed E-state index contributed by atoms with van der Waals surface area (Å²) in [6, 6.07) is 5.69. The Balaban J connectivity index is 1.93. The summed E-state index contributed by atoms with van der Waals surface area (Å²) in [5.74, 6) is -1.71. The normalized spacial score (nSPS) is 14.9. The first-order valence-electron chi connectivity index (χ1n) is 8.87. The van der Waals surface area contributed by atoms with E-state index in [-0.39, 0.29) is 17.4 Å². The number of amides is 1. The smallest absolute Gasteiger partial charge is 0.418 e. The number of halogens is 3. The quantitative estimate of drug-likeness (QED) is 0.766. The number of aryl methyl sites for hydroxylation is 1. The van der Waals surface area contributed by atoms with Gasteiger partial charge >= 0.3 is 12.1 Å². The highest BCUT2D eigenvalue weighted by molar-refractivity contribution is 5.90. The third-order valence-electron chi connectivity index (χ3n) is 4.32. The fourth-order valence-corrected chi connectivity index (χ4v) is 2.65. The van der Waals surface area contributed by atoms with Crippen molar-refractivity contribution in [1.82, 2.24) is 15.1 Å². The van der Waals surface area contributed by atoms with Crippen molar-refractivity contribution in [3.05, 3.63) is 57.5 Å². The van der Waals surface area contributed by atoms with E-state index in [1.165, 1.54) is 32.0 Å². The van der Waals surface area contributed by atoms with E-state index in [1.807, 2.05) is 0 Å². The third kappa shape index (κ3) is 4.64. The molecule has 0 spiro atoms. The second-order valence-electron chi connectivity index (χ2n) is 6.76. The number of nitrogens with one attached hydrogen (secondary N) is 1. The van der Waals surface area contributed by atoms with Crippen LogP contribution in [-0.2, 0) is 15.7 Å². The summed E-state index contributed by atoms with van der Waals surface area (Å²) in [4.78, 5) is 36.5. The first kappa shape index (κ1) is 20.6. The molecular formula is C19H18F3N3O4. The molecule has 1 heterocycles. The van der Waals surface area contributed by atoms with Crippen LogP contribution in [0.1, 0.15) is 41.5 Å². The summed E-state index contributed by atoms with van der Waals surface area (Å²) < 4.78 is 45.8. The van der Waals surface area contributed by atoms with Crippen molar-refractivity contribution in [2.75, 3.05) is 0 Å². The topological polar surface area (TPSA) is 90.3 Å². The van der Waals surface area contributed by atoms with Gasteiger partial charge in [0.05, 0.1) is 11.3 Å². The largest absolute Gasteiger partial charge is 0.448 e. The molecule has 0 saturated heterocycles. The summed E-state index contributed by atoms with van der Waals surface area (Å²) in [7, 11) is 0. The van der Waals surface area contributed by atoms with Gasteiger partial charge in [-0.3, -0.25) is 9.59 Å². The van der Waals surface area contributed by atoms with Gasteiger partial charge in [0.2, 0.25) is 11.1 Å². The number of esters is 1. The zero-order chi connectivity index (χ0) is 21.3. The average molecular weight is 409 g/mol. The maximum atomic E-state index is 13.3. The van der Waals surface area contributed by atoms with Crippen LogP contribution in [-0.4, -0.2) is 33.8 Å². The molecule has 1 aromatic heterocycles. The van der Waals surface area contributed by atoms with E-state index >= 15 is 0 Å². The molecule has 1 atom stereocenters. The molecular weight excluding hydrogens is 391 g/mol. The monoisotopic (exact) mass is 409 g/mol. The number of nitrogens with zero attached hydrogens (tertiary/aromatic N) is 2. The van der Waals surface area contributed by atoms with Gasteiger partial charge in [0.1, 0.15) is 0 Å². The summed E-state index contributed by atoms with van der Waals surface area (Å²) in [6.07, 6.45) is -4.16. The molecule has 154 valence electrons. The van der Waals surface area contributed by atoms with Crippen molar-refractivity contribution < 1.29 is 27.5 Å². The number of rotatable bonds is 5. The van der Waals surface area contributed by atoms with Gasteiger partial charge in [-0.05, 0) is 38.8 Å². The number of carbonyl (C=O) groups is 2. The van der Waals surface area contributed by atoms with Gasteiger partial charge in [-0.2, -0.15) is 18.3 Å². The molecule has 1 aliphatic carbocycles. The Morgan fingerprint density at radius 1 is 1.28 bits per heavy atom. The maximum Gasteiger partial charge on any atom is 0.418 e. The van der Waals surface area contributed by atoms with Crippen LogP contribution >= 0.6 is 0 Å². The lowest BCUT2D eigenvalue weighted by Gasteiger charge is -2.17. The van der Waals surface area contributed by atoms with Gasteiger partial charge in [0.25, 0.3) is 5.91 Å². The van der Waals surface area contributed by atoms with E-state index in [1.54, 1.807) is 0 Å². The fraction of sp³-hybridized carbons (Fsp3) is 0.368. The SMILES string of the molecule is Cc1cc(=O)c(C(=O)O[C@H](C)C(=O)NC2CC2)nn1-c1ccccc1C(F)(F)F. The van der Waals surface area contributed by atoms with Crippen molar-refractivity contribution >= 4 is 11.9 Å². The van der Waals surface area contributed by atoms with Gasteiger partial charge in [-0.25, -0.2) is 9.48 Å². The molecule has 1 saturated carbocycles. The summed E-state index contributed by atoms with van der Waals surface area (Å²) >= 11 is 0. The molecule has 0 unspecified atom stereocenters. The van der Waals surface area contributed by atoms with Gasteiger partial charge < -0.3 is 10.1 Å². The molecule has 29 heavy (non-hydrogen) atoms. The third-order valence-corrected chi connectivity index (χ3v) is 4.32. The highest BCUT2D eigenvalue weighted by Crippen LogP contribution is 2.33. The Kier molecular flexibility index (Phi) is 5.45. The van der Waals surface area contributed by atoms with Crippen LogP contribution in [0.15, 0.2) is 35.1 Å². The fourth-order valence-electron chi connectivity index (χ4n) is 2.65. The minimum absolute atomic E-state index is 0.0530. The lowest BCUT2D eigenvalue weighted by atomic mass is 10.1. The van der Waals surface area contributed by atoms with Gasteiger partial charge in [0, 0.05) is 17.8 Å². The van der Waals surface area contributed by atoms with Crippen molar-refractivity contribution in [2.45, 2.75) is 45.0 Å². The van der Waals surface area contributed by atoms with Crippen LogP contribution in [0, 0.1) is 6.92 Å². The Morgan fingerprint density at radius 3 is 2.55 bits per heavy atom. The van der Waals surface area contributed by atoms with E-state index in [2.05, 4.69) is 10.4 Å². The minimum Gasteiger partial charge on any atom is -0.448 e. The van der Waals surface area contributed by atoms with Gasteiger partial charge in [-0.15, -0.1) is 0 Å². The Labute approximate surface area is 163 Å². The lowest BCUT2D eigenvalue weighted by molar-refractivity contribution is -0.137. The molecule has 0 aliphatic heterocycles. The van der Waals surface area contributed by atoms with Gasteiger partial charge in [0.15, 0.2) is 6.10 Å². The van der Waals surface area contributed by atoms with Crippen LogP contribution < -0.4 is 10.7 Å². The summed E-state index contributed by atoms with van der Waals surface area (Å²) in [6.45, 7) is 2.73. The number of ether oxygens (including phenoxy) is 1. The number of hydrogen-bond acceptors (Lipinski definition) is 5. The van der Waals surface area contributed by atoms with Crippen molar-refractivity contribution in [3.63, 3.8) is 0 Å². The van der Waals surface area contributed by atoms with Crippen molar-refractivity contribution in [2.24, 2.45) is 0 Å². The van der Waals surface area contributed by atoms with Crippen molar-refractivity contribution in [3.8, 4) is 5.69 Å². The molecule has 7 nitrogen and oxygen atoms in total. The summed E-state index contributed by atoms with van der Waals surface area (Å²) in [5.41, 5.74) is -2.74. The molecule has 3 rings (SSSR count). The van der Waals surface area contributed by atoms with E-state index in [9.17, 15) is 27.6 Å². The van der Waals surface area contributed by atoms with Crippen LogP contribution in [0.4, 0.5) is 13.2 Å². The number of para-hydroxylation sites is 1. The second kappa shape index (κ2) is 7.69. The predicted molar refractivity (Wildman–Crippen MR) is 95.6 cm³/mol. The van der Waals surface area contributed by atoms with Crippen molar-refractivity contribution in [1.29, 1.82) is 0 Å². The van der Waals surface area contributed by atoms with E-state index in [0.29, 0.717) is 0 Å². The lowest BCUT2D eigenvalue weighted by Crippen LogP contribution is -2.38. The van der Waals surface area contributed by atoms with Crippen LogP contribution in [0.2, 0.25) is 0 Å². The maximum absolute atomic E-state index is 13.3. The number of benzene rings is 1. The highest BCUT2D eigenvalue weighted by Gasteiger charge is 2.34. The zero-order valence-electron chi connectivity index (χ0n) is 15.6. The van der Waals surface area contributed by atoms with E-state index in [0.717, 1.165) is 29.7 Å². The molecule has 10 heteroatoms. The van der Waals surface area contributed by atoms with Gasteiger partial charge in [-0.1, -0.05) is 12.1 Å². The van der Waals surface area contributed by atoms with E-state index in [4.69, 9.17) is 4.74 Å². The molecule has 0 bridgehead atoms. The second-order valence-corrected chi connectivity index (χ2v) is 6.76. The first-order valence-corrected chi connectivity index (χ1v) is 8.87. The van der Waals surface area contributed by atoms with Crippen LogP contribution in [0.25, 0.3) is 5.69 Å². The summed E-state index contributed by atoms with van der Waals surface area (Å²) in [5, 5.41) is 6.45. The number of hydrogen-bond donors (Lipinski definition) is 1. The Morgan fingerprint density at radius 2 is 1.93 bits per heavy atom. The predicted octanol–water partition coefficient (Wildman–Crippen LogP) is 2.38. The molecule has 1 amide bonds. The zero-order valence-corrected chi connectivity index (χ0v) is 15.6. The molecule has 1 aromatic carbocycles. The Bertz CT molecular complexity index is 1010. The molecule has 1 fully saturated rings. The number of alkyl halides is 3. The standard InChI is InChI=1S/C19H18F3N3O4/c1-10-9-15(26)16(18(28)29-11(2)17(27)23-12-7-8-12)24-25(10)14-6-4-3-5-13(14)19(20,21)22/h3-6,9,11-12H,7-8H2,1-2H3,(H,23,27)/t11-/m1/s1. The molecule has 1 N–H and O–H groups in total. The minimum atomic E-state index is -4.66. The number of aromatic nitrogens is 2.